The highest BCUT2D eigenvalue weighted by atomic mass is 16.7. The van der Waals surface area contributed by atoms with Crippen LogP contribution in [0.25, 0.3) is 11.0 Å². The van der Waals surface area contributed by atoms with Crippen LogP contribution in [0.1, 0.15) is 25.6 Å². The topological polar surface area (TPSA) is 62.3 Å². The normalized spacial score (nSPS) is 17.6. The van der Waals surface area contributed by atoms with Gasteiger partial charge in [-0.05, 0) is 18.6 Å². The third kappa shape index (κ3) is 3.26. The van der Waals surface area contributed by atoms with Gasteiger partial charge in [0.2, 0.25) is 0 Å². The second-order valence-electron chi connectivity index (χ2n) is 5.54. The van der Waals surface area contributed by atoms with Gasteiger partial charge in [-0.15, -0.1) is 0 Å². The van der Waals surface area contributed by atoms with E-state index in [-0.39, 0.29) is 12.3 Å². The lowest BCUT2D eigenvalue weighted by Crippen LogP contribution is -2.30. The molecule has 114 valence electrons. The molecular weight excluding hydrogens is 266 g/mol. The highest BCUT2D eigenvalue weighted by Crippen LogP contribution is 2.19. The van der Waals surface area contributed by atoms with Gasteiger partial charge in [-0.1, -0.05) is 19.1 Å². The maximum Gasteiger partial charge on any atom is 0.159 e. The fraction of sp³-hybridized carbons (Fsp3) is 0.562. The number of imidazole rings is 1. The van der Waals surface area contributed by atoms with Crippen LogP contribution in [0, 0.1) is 0 Å². The lowest BCUT2D eigenvalue weighted by Gasteiger charge is -2.16. The van der Waals surface area contributed by atoms with Crippen LogP contribution >= 0.6 is 0 Å². The van der Waals surface area contributed by atoms with E-state index in [4.69, 9.17) is 20.2 Å². The number of ether oxygens (including phenoxy) is 2. The molecule has 1 fully saturated rings. The zero-order valence-electron chi connectivity index (χ0n) is 12.5. The summed E-state index contributed by atoms with van der Waals surface area (Å²) in [4.78, 5) is 4.75. The molecule has 1 saturated heterocycles. The van der Waals surface area contributed by atoms with Crippen LogP contribution in [0.4, 0.5) is 0 Å². The van der Waals surface area contributed by atoms with Crippen molar-refractivity contribution in [1.29, 1.82) is 0 Å². The van der Waals surface area contributed by atoms with Crippen molar-refractivity contribution in [3.8, 4) is 0 Å². The molecule has 0 aliphatic carbocycles. The second-order valence-corrected chi connectivity index (χ2v) is 5.54. The van der Waals surface area contributed by atoms with Crippen molar-refractivity contribution in [3.05, 3.63) is 30.1 Å². The molecule has 0 radical (unpaired) electrons. The number of fused-ring (bicyclic) bond motifs is 1. The predicted octanol–water partition coefficient (Wildman–Crippen LogP) is 2.08. The van der Waals surface area contributed by atoms with Crippen LogP contribution in [0.5, 0.6) is 0 Å². The summed E-state index contributed by atoms with van der Waals surface area (Å²) >= 11 is 0. The molecule has 21 heavy (non-hydrogen) atoms. The number of para-hydroxylation sites is 2. The smallest absolute Gasteiger partial charge is 0.159 e. The number of hydrogen-bond acceptors (Lipinski definition) is 4. The number of benzene rings is 1. The lowest BCUT2D eigenvalue weighted by atomic mass is 10.1. The van der Waals surface area contributed by atoms with E-state index < -0.39 is 0 Å². The molecule has 2 aromatic rings. The minimum absolute atomic E-state index is 0.000480. The molecule has 1 aliphatic heterocycles. The number of nitrogens with zero attached hydrogens (tertiary/aromatic N) is 2. The van der Waals surface area contributed by atoms with Crippen molar-refractivity contribution in [2.75, 3.05) is 13.2 Å². The van der Waals surface area contributed by atoms with Gasteiger partial charge in [-0.2, -0.15) is 0 Å². The van der Waals surface area contributed by atoms with Gasteiger partial charge in [0.25, 0.3) is 0 Å². The van der Waals surface area contributed by atoms with Crippen LogP contribution in [0.15, 0.2) is 24.3 Å². The molecule has 5 nitrogen and oxygen atoms in total. The zero-order valence-corrected chi connectivity index (χ0v) is 12.5. The summed E-state index contributed by atoms with van der Waals surface area (Å²) in [5.74, 6) is 1.06. The summed E-state index contributed by atoms with van der Waals surface area (Å²) in [6, 6.07) is 8.26. The number of nitrogens with two attached hydrogens (primary N) is 1. The van der Waals surface area contributed by atoms with Gasteiger partial charge in [0.1, 0.15) is 5.82 Å². The molecule has 1 unspecified atom stereocenters. The Balaban J connectivity index is 1.76. The summed E-state index contributed by atoms with van der Waals surface area (Å²) in [5.41, 5.74) is 8.49. The number of rotatable bonds is 6. The molecule has 1 aromatic heterocycles. The average Bonchev–Trinajstić information content (AvgIpc) is 3.08. The molecule has 0 saturated carbocycles. The van der Waals surface area contributed by atoms with Crippen molar-refractivity contribution < 1.29 is 9.47 Å². The van der Waals surface area contributed by atoms with Crippen LogP contribution in [0.2, 0.25) is 0 Å². The van der Waals surface area contributed by atoms with E-state index in [9.17, 15) is 0 Å². The standard InChI is InChI=1S/C16H23N3O2/c1-2-7-19-14-6-4-3-5-13(14)18-15(19)10-12(17)11-16-20-8-9-21-16/h3-6,12,16H,2,7-11,17H2,1H3. The fourth-order valence-electron chi connectivity index (χ4n) is 2.86. The highest BCUT2D eigenvalue weighted by Gasteiger charge is 2.21. The first-order valence-corrected chi connectivity index (χ1v) is 7.71. The Hall–Kier alpha value is -1.43. The average molecular weight is 289 g/mol. The van der Waals surface area contributed by atoms with Gasteiger partial charge >= 0.3 is 0 Å². The number of hydrogen-bond donors (Lipinski definition) is 1. The van der Waals surface area contributed by atoms with Gasteiger partial charge in [-0.3, -0.25) is 0 Å². The molecule has 5 heteroatoms. The first kappa shape index (κ1) is 14.5. The molecule has 2 N–H and O–H groups in total. The second kappa shape index (κ2) is 6.56. The quantitative estimate of drug-likeness (QED) is 0.884. The monoisotopic (exact) mass is 289 g/mol. The summed E-state index contributed by atoms with van der Waals surface area (Å²) in [7, 11) is 0. The molecule has 0 spiro atoms. The van der Waals surface area contributed by atoms with Crippen molar-refractivity contribution in [2.45, 2.75) is 45.1 Å². The molecule has 0 amide bonds. The van der Waals surface area contributed by atoms with Gasteiger partial charge in [-0.25, -0.2) is 4.98 Å². The van der Waals surface area contributed by atoms with Gasteiger partial charge < -0.3 is 19.8 Å². The molecule has 0 bridgehead atoms. The molecular formula is C16H23N3O2. The SMILES string of the molecule is CCCn1c(CC(N)CC2OCCO2)nc2ccccc21. The molecule has 3 rings (SSSR count). The Labute approximate surface area is 125 Å². The molecule has 1 aliphatic rings. The summed E-state index contributed by atoms with van der Waals surface area (Å²) in [5, 5.41) is 0. The summed E-state index contributed by atoms with van der Waals surface area (Å²) in [6.45, 7) is 4.50. The Morgan fingerprint density at radius 2 is 2.10 bits per heavy atom. The van der Waals surface area contributed by atoms with E-state index in [1.165, 1.54) is 5.52 Å². The number of aromatic nitrogens is 2. The molecule has 1 aromatic carbocycles. The minimum atomic E-state index is -0.149. The van der Waals surface area contributed by atoms with Gasteiger partial charge in [0, 0.05) is 25.4 Å². The van der Waals surface area contributed by atoms with Crippen LogP contribution in [0.3, 0.4) is 0 Å². The van der Waals surface area contributed by atoms with E-state index in [1.807, 2.05) is 6.07 Å². The Kier molecular flexibility index (Phi) is 4.53. The third-order valence-electron chi connectivity index (χ3n) is 3.81. The van der Waals surface area contributed by atoms with Crippen LogP contribution in [-0.4, -0.2) is 35.1 Å². The first-order chi connectivity index (χ1) is 10.3. The van der Waals surface area contributed by atoms with E-state index in [0.717, 1.165) is 37.1 Å². The largest absolute Gasteiger partial charge is 0.350 e. The van der Waals surface area contributed by atoms with Crippen LogP contribution in [-0.2, 0) is 22.4 Å². The van der Waals surface area contributed by atoms with E-state index in [1.54, 1.807) is 0 Å². The minimum Gasteiger partial charge on any atom is -0.350 e. The third-order valence-corrected chi connectivity index (χ3v) is 3.81. The summed E-state index contributed by atoms with van der Waals surface area (Å²) in [6.07, 6.45) is 2.40. The van der Waals surface area contributed by atoms with E-state index in [2.05, 4.69) is 29.7 Å². The first-order valence-electron chi connectivity index (χ1n) is 7.71. The molecule has 2 heterocycles. The van der Waals surface area contributed by atoms with Gasteiger partial charge in [0.15, 0.2) is 6.29 Å². The zero-order chi connectivity index (χ0) is 14.7. The van der Waals surface area contributed by atoms with Gasteiger partial charge in [0.05, 0.1) is 24.2 Å². The van der Waals surface area contributed by atoms with Crippen molar-refractivity contribution in [1.82, 2.24) is 9.55 Å². The van der Waals surface area contributed by atoms with Crippen molar-refractivity contribution in [3.63, 3.8) is 0 Å². The predicted molar refractivity (Wildman–Crippen MR) is 82.0 cm³/mol. The molecule has 1 atom stereocenters. The van der Waals surface area contributed by atoms with Crippen LogP contribution < -0.4 is 5.73 Å². The van der Waals surface area contributed by atoms with E-state index in [0.29, 0.717) is 13.2 Å². The lowest BCUT2D eigenvalue weighted by molar-refractivity contribution is -0.0505. The highest BCUT2D eigenvalue weighted by molar-refractivity contribution is 5.75. The number of aryl methyl sites for hydroxylation is 1. The fourth-order valence-corrected chi connectivity index (χ4v) is 2.86. The van der Waals surface area contributed by atoms with E-state index >= 15 is 0 Å². The Morgan fingerprint density at radius 3 is 2.86 bits per heavy atom. The summed E-state index contributed by atoms with van der Waals surface area (Å²) < 4.78 is 13.2. The Morgan fingerprint density at radius 1 is 1.33 bits per heavy atom. The van der Waals surface area contributed by atoms with Crippen molar-refractivity contribution in [2.24, 2.45) is 5.73 Å². The maximum absolute atomic E-state index is 6.26. The van der Waals surface area contributed by atoms with Crippen molar-refractivity contribution >= 4 is 11.0 Å². The maximum atomic E-state index is 6.26. The Bertz CT molecular complexity index is 590.